The lowest BCUT2D eigenvalue weighted by Gasteiger charge is -2.02. The van der Waals surface area contributed by atoms with E-state index in [4.69, 9.17) is 9.84 Å². The lowest BCUT2D eigenvalue weighted by Crippen LogP contribution is -2.33. The molecule has 0 saturated carbocycles. The summed E-state index contributed by atoms with van der Waals surface area (Å²) in [5.74, 6) is -0.958. The fraction of sp³-hybridized carbons (Fsp3) is 0.0526. The molecule has 0 aliphatic rings. The first-order valence-corrected chi connectivity index (χ1v) is 7.99. The number of methoxy groups -OCH3 is 1. The topological polar surface area (TPSA) is 127 Å². The van der Waals surface area contributed by atoms with E-state index in [1.165, 1.54) is 54.3 Å². The first kappa shape index (κ1) is 18.6. The van der Waals surface area contributed by atoms with E-state index in [0.717, 1.165) is 0 Å². The molecule has 0 amide bonds. The van der Waals surface area contributed by atoms with Gasteiger partial charge in [-0.1, -0.05) is 12.6 Å². The van der Waals surface area contributed by atoms with E-state index in [9.17, 15) is 19.7 Å². The molecule has 9 heteroatoms. The molecule has 142 valence electrons. The molecule has 0 aliphatic heterocycles. The number of ether oxygens (including phenoxy) is 1. The third-order valence-electron chi connectivity index (χ3n) is 4.09. The van der Waals surface area contributed by atoms with Gasteiger partial charge < -0.3 is 9.84 Å². The van der Waals surface area contributed by atoms with Crippen molar-refractivity contribution in [2.45, 2.75) is 0 Å². The lowest BCUT2D eigenvalue weighted by molar-refractivity contribution is -0.385. The van der Waals surface area contributed by atoms with Gasteiger partial charge in [0, 0.05) is 6.07 Å². The number of nitrogens with one attached hydrogen (secondary N) is 1. The summed E-state index contributed by atoms with van der Waals surface area (Å²) in [4.78, 5) is 34.3. The molecule has 3 rings (SSSR count). The van der Waals surface area contributed by atoms with Gasteiger partial charge in [0.15, 0.2) is 5.75 Å². The van der Waals surface area contributed by atoms with Crippen molar-refractivity contribution in [3.05, 3.63) is 84.6 Å². The van der Waals surface area contributed by atoms with Crippen LogP contribution < -0.4 is 20.9 Å². The van der Waals surface area contributed by atoms with Gasteiger partial charge in [0.05, 0.1) is 33.9 Å². The van der Waals surface area contributed by atoms with Crippen molar-refractivity contribution in [3.63, 3.8) is 0 Å². The van der Waals surface area contributed by atoms with Crippen LogP contribution in [0.25, 0.3) is 18.3 Å². The van der Waals surface area contributed by atoms with Crippen LogP contribution >= 0.6 is 0 Å². The van der Waals surface area contributed by atoms with E-state index < -0.39 is 16.5 Å². The van der Waals surface area contributed by atoms with E-state index in [1.807, 2.05) is 0 Å². The number of carboxylic acids is 1. The highest BCUT2D eigenvalue weighted by atomic mass is 16.6. The molecule has 28 heavy (non-hydrogen) atoms. The molecule has 0 spiro atoms. The van der Waals surface area contributed by atoms with Gasteiger partial charge in [0.2, 0.25) is 0 Å². The highest BCUT2D eigenvalue weighted by molar-refractivity contribution is 5.87. The zero-order valence-electron chi connectivity index (χ0n) is 14.7. The van der Waals surface area contributed by atoms with Crippen molar-refractivity contribution in [2.24, 2.45) is 0 Å². The molecule has 0 aliphatic carbocycles. The summed E-state index contributed by atoms with van der Waals surface area (Å²) in [6.07, 6.45) is 1.48. The molecule has 9 nitrogen and oxygen atoms in total. The molecule has 0 fully saturated rings. The fourth-order valence-corrected chi connectivity index (χ4v) is 2.69. The number of carbonyl (C=O) groups is 1. The van der Waals surface area contributed by atoms with Crippen molar-refractivity contribution in [1.82, 2.24) is 9.78 Å². The molecule has 3 aromatic rings. The van der Waals surface area contributed by atoms with Gasteiger partial charge in [0.25, 0.3) is 5.56 Å². The van der Waals surface area contributed by atoms with Crippen LogP contribution in [0, 0.1) is 10.1 Å². The molecule has 0 unspecified atom stereocenters. The Morgan fingerprint density at radius 3 is 2.54 bits per heavy atom. The minimum absolute atomic E-state index is 0.0931. The molecule has 2 aromatic carbocycles. The number of aromatic amines is 1. The number of carboxylic acid groups (broad SMARTS) is 1. The maximum absolute atomic E-state index is 12.7. The van der Waals surface area contributed by atoms with E-state index in [2.05, 4.69) is 11.7 Å². The van der Waals surface area contributed by atoms with Crippen LogP contribution in [0.4, 0.5) is 5.69 Å². The number of nitro benzene ring substituents is 1. The minimum atomic E-state index is -1.07. The maximum atomic E-state index is 12.7. The predicted octanol–water partition coefficient (Wildman–Crippen LogP) is 1.02. The second-order valence-corrected chi connectivity index (χ2v) is 5.83. The van der Waals surface area contributed by atoms with Crippen LogP contribution in [0.3, 0.4) is 0 Å². The number of nitro groups is 1. The number of H-pyrrole nitrogens is 1. The molecule has 2 N–H and O–H groups in total. The van der Waals surface area contributed by atoms with Gasteiger partial charge in [-0.25, -0.2) is 9.48 Å². The van der Waals surface area contributed by atoms with Crippen molar-refractivity contribution in [1.29, 1.82) is 0 Å². The molecule has 0 atom stereocenters. The summed E-state index contributed by atoms with van der Waals surface area (Å²) in [6, 6.07) is 10.1. The first-order valence-electron chi connectivity index (χ1n) is 7.99. The van der Waals surface area contributed by atoms with Crippen molar-refractivity contribution >= 4 is 24.3 Å². The van der Waals surface area contributed by atoms with Crippen molar-refractivity contribution in [3.8, 4) is 11.4 Å². The Bertz CT molecular complexity index is 1240. The van der Waals surface area contributed by atoms with E-state index in [0.29, 0.717) is 16.6 Å². The predicted molar refractivity (Wildman–Crippen MR) is 101 cm³/mol. The standard InChI is InChI=1S/C19H15N3O6/c1-11-15(9-12-3-8-17(28-2)16(10-12)22(26)27)18(23)21(20-11)14-6-4-13(5-7-14)19(24)25/h3-10,20H,1H2,2H3,(H,24,25)/b15-9+. The second-order valence-electron chi connectivity index (χ2n) is 5.83. The fourth-order valence-electron chi connectivity index (χ4n) is 2.69. The van der Waals surface area contributed by atoms with E-state index in [-0.39, 0.29) is 22.2 Å². The molecule has 1 aromatic heterocycles. The zero-order chi connectivity index (χ0) is 20.4. The number of aromatic nitrogens is 2. The van der Waals surface area contributed by atoms with Crippen LogP contribution in [0.2, 0.25) is 0 Å². The van der Waals surface area contributed by atoms with Crippen LogP contribution in [-0.4, -0.2) is 32.9 Å². The summed E-state index contributed by atoms with van der Waals surface area (Å²) in [5, 5.41) is 23.5. The quantitative estimate of drug-likeness (QED) is 0.502. The third kappa shape index (κ3) is 3.40. The Kier molecular flexibility index (Phi) is 4.82. The Balaban J connectivity index is 2.11. The van der Waals surface area contributed by atoms with Crippen molar-refractivity contribution < 1.29 is 19.6 Å². The molecule has 0 bridgehead atoms. The smallest absolute Gasteiger partial charge is 0.335 e. The Morgan fingerprint density at radius 2 is 1.96 bits per heavy atom. The number of hydrogen-bond acceptors (Lipinski definition) is 5. The number of hydrogen-bond donors (Lipinski definition) is 2. The largest absolute Gasteiger partial charge is 0.490 e. The summed E-state index contributed by atoms with van der Waals surface area (Å²) in [7, 11) is 1.33. The average Bonchev–Trinajstić information content (AvgIpc) is 2.96. The van der Waals surface area contributed by atoms with Gasteiger partial charge in [-0.05, 0) is 42.0 Å². The Labute approximate surface area is 157 Å². The summed E-state index contributed by atoms with van der Waals surface area (Å²) >= 11 is 0. The Hall–Kier alpha value is -4.14. The monoisotopic (exact) mass is 381 g/mol. The molecule has 0 saturated heterocycles. The maximum Gasteiger partial charge on any atom is 0.335 e. The molecular weight excluding hydrogens is 366 g/mol. The molecule has 0 radical (unpaired) electrons. The normalized spacial score (nSPS) is 11.4. The number of benzene rings is 2. The van der Waals surface area contributed by atoms with E-state index in [1.54, 1.807) is 6.07 Å². The summed E-state index contributed by atoms with van der Waals surface area (Å²) < 4.78 is 6.19. The number of aromatic carboxylic acids is 1. The third-order valence-corrected chi connectivity index (χ3v) is 4.09. The molecular formula is C19H15N3O6. The highest BCUT2D eigenvalue weighted by Crippen LogP contribution is 2.27. The first-order chi connectivity index (χ1) is 13.3. The van der Waals surface area contributed by atoms with Gasteiger partial charge in [-0.3, -0.25) is 20.0 Å². The second kappa shape index (κ2) is 7.23. The van der Waals surface area contributed by atoms with E-state index >= 15 is 0 Å². The van der Waals surface area contributed by atoms with Crippen molar-refractivity contribution in [2.75, 3.05) is 7.11 Å². The van der Waals surface area contributed by atoms with Gasteiger partial charge in [-0.15, -0.1) is 0 Å². The van der Waals surface area contributed by atoms with Gasteiger partial charge in [-0.2, -0.15) is 0 Å². The van der Waals surface area contributed by atoms with Gasteiger partial charge >= 0.3 is 11.7 Å². The van der Waals surface area contributed by atoms with Crippen LogP contribution in [0.15, 0.2) is 47.3 Å². The molecule has 1 heterocycles. The van der Waals surface area contributed by atoms with Crippen LogP contribution in [-0.2, 0) is 0 Å². The highest BCUT2D eigenvalue weighted by Gasteiger charge is 2.15. The van der Waals surface area contributed by atoms with Crippen LogP contribution in [0.1, 0.15) is 15.9 Å². The lowest BCUT2D eigenvalue weighted by atomic mass is 10.1. The number of nitrogens with zero attached hydrogens (tertiary/aromatic N) is 2. The average molecular weight is 381 g/mol. The minimum Gasteiger partial charge on any atom is -0.490 e. The zero-order valence-corrected chi connectivity index (χ0v) is 14.7. The Morgan fingerprint density at radius 1 is 1.29 bits per heavy atom. The van der Waals surface area contributed by atoms with Crippen LogP contribution in [0.5, 0.6) is 5.75 Å². The number of rotatable bonds is 5. The summed E-state index contributed by atoms with van der Waals surface area (Å²) in [5.41, 5.74) is 0.311. The van der Waals surface area contributed by atoms with Gasteiger partial charge in [0.1, 0.15) is 0 Å². The SMILES string of the molecule is C=c1[nH]n(-c2ccc(C(=O)O)cc2)c(=O)/c1=C/c1ccc(OC)c([N+](=O)[O-])c1. The summed E-state index contributed by atoms with van der Waals surface area (Å²) in [6.45, 7) is 3.80.